The van der Waals surface area contributed by atoms with E-state index in [0.717, 1.165) is 6.07 Å². The van der Waals surface area contributed by atoms with E-state index < -0.39 is 11.9 Å². The van der Waals surface area contributed by atoms with Gasteiger partial charge in [-0.15, -0.1) is 0 Å². The first-order valence-corrected chi connectivity index (χ1v) is 6.15. The third-order valence-corrected chi connectivity index (χ3v) is 2.90. The van der Waals surface area contributed by atoms with Gasteiger partial charge in [-0.25, -0.2) is 4.39 Å². The van der Waals surface area contributed by atoms with Crippen LogP contribution in [0.2, 0.25) is 0 Å². The van der Waals surface area contributed by atoms with Gasteiger partial charge in [0.05, 0.1) is 17.7 Å². The van der Waals surface area contributed by atoms with Gasteiger partial charge in [0.2, 0.25) is 0 Å². The van der Waals surface area contributed by atoms with Gasteiger partial charge in [0.25, 0.3) is 0 Å². The van der Waals surface area contributed by atoms with Gasteiger partial charge in [-0.05, 0) is 31.2 Å². The molecule has 2 rings (SSSR count). The summed E-state index contributed by atoms with van der Waals surface area (Å²) >= 11 is 0. The third-order valence-electron chi connectivity index (χ3n) is 2.90. The van der Waals surface area contributed by atoms with E-state index >= 15 is 0 Å². The number of aliphatic hydroxyl groups is 1. The van der Waals surface area contributed by atoms with Gasteiger partial charge in [0.1, 0.15) is 28.9 Å². The number of benzene rings is 2. The second-order valence-corrected chi connectivity index (χ2v) is 4.37. The smallest absolute Gasteiger partial charge is 0.148 e. The molecule has 104 valence electrons. The molecule has 4 nitrogen and oxygen atoms in total. The summed E-state index contributed by atoms with van der Waals surface area (Å²) in [5.74, 6) is -0.439. The number of ether oxygens (including phenoxy) is 1. The lowest BCUT2D eigenvalue weighted by atomic mass is 10.1. The minimum Gasteiger partial charge on any atom is -0.455 e. The van der Waals surface area contributed by atoms with Crippen molar-refractivity contribution in [1.82, 2.24) is 0 Å². The lowest BCUT2D eigenvalue weighted by Crippen LogP contribution is -1.98. The zero-order chi connectivity index (χ0) is 15.4. The number of hydrogen-bond donors (Lipinski definition) is 1. The van der Waals surface area contributed by atoms with E-state index in [1.54, 1.807) is 25.1 Å². The van der Waals surface area contributed by atoms with Crippen molar-refractivity contribution in [1.29, 1.82) is 10.5 Å². The average molecular weight is 282 g/mol. The minimum absolute atomic E-state index is 0.0366. The molecule has 2 aromatic carbocycles. The van der Waals surface area contributed by atoms with Crippen LogP contribution in [0.4, 0.5) is 4.39 Å². The molecule has 0 saturated heterocycles. The topological polar surface area (TPSA) is 77.0 Å². The molecule has 0 amide bonds. The molecule has 0 unspecified atom stereocenters. The summed E-state index contributed by atoms with van der Waals surface area (Å²) in [4.78, 5) is 0. The van der Waals surface area contributed by atoms with Gasteiger partial charge in [-0.2, -0.15) is 10.5 Å². The number of aliphatic hydroxyl groups excluding tert-OH is 1. The molecule has 2 aromatic rings. The van der Waals surface area contributed by atoms with E-state index in [2.05, 4.69) is 0 Å². The van der Waals surface area contributed by atoms with Crippen LogP contribution in [0.5, 0.6) is 11.5 Å². The summed E-state index contributed by atoms with van der Waals surface area (Å²) in [5, 5.41) is 27.6. The second kappa shape index (κ2) is 6.04. The van der Waals surface area contributed by atoms with Gasteiger partial charge in [-0.1, -0.05) is 12.1 Å². The van der Waals surface area contributed by atoms with Crippen molar-refractivity contribution in [3.8, 4) is 23.6 Å². The molecule has 0 aliphatic rings. The number of hydrogen-bond acceptors (Lipinski definition) is 4. The molecule has 5 heteroatoms. The molecule has 0 bridgehead atoms. The molecule has 0 heterocycles. The van der Waals surface area contributed by atoms with Crippen LogP contribution < -0.4 is 4.74 Å². The van der Waals surface area contributed by atoms with E-state index in [9.17, 15) is 9.50 Å². The summed E-state index contributed by atoms with van der Waals surface area (Å²) in [6.07, 6.45) is -0.827. The predicted octanol–water partition coefficient (Wildman–Crippen LogP) is 3.41. The average Bonchev–Trinajstić information content (AvgIpc) is 2.47. The molecule has 0 radical (unpaired) electrons. The molecule has 0 aromatic heterocycles. The van der Waals surface area contributed by atoms with E-state index in [4.69, 9.17) is 15.3 Å². The fourth-order valence-corrected chi connectivity index (χ4v) is 1.85. The summed E-state index contributed by atoms with van der Waals surface area (Å²) in [6.45, 7) is 1.55. The Hall–Kier alpha value is -2.89. The highest BCUT2D eigenvalue weighted by Gasteiger charge is 2.15. The second-order valence-electron chi connectivity index (χ2n) is 4.37. The Labute approximate surface area is 121 Å². The Balaban J connectivity index is 2.52. The summed E-state index contributed by atoms with van der Waals surface area (Å²) in [7, 11) is 0. The van der Waals surface area contributed by atoms with Crippen molar-refractivity contribution in [3.63, 3.8) is 0 Å². The largest absolute Gasteiger partial charge is 0.455 e. The van der Waals surface area contributed by atoms with Gasteiger partial charge in [0, 0.05) is 5.56 Å². The Morgan fingerprint density at radius 1 is 1.14 bits per heavy atom. The zero-order valence-electron chi connectivity index (χ0n) is 11.2. The van der Waals surface area contributed by atoms with Crippen LogP contribution in [0, 0.1) is 28.5 Å². The molecular formula is C16H11FN2O2. The van der Waals surface area contributed by atoms with E-state index in [0.29, 0.717) is 11.1 Å². The van der Waals surface area contributed by atoms with Crippen LogP contribution >= 0.6 is 0 Å². The maximum absolute atomic E-state index is 13.6. The standard InChI is InChI=1S/C16H11FN2O2/c1-10(20)12-6-5-11(8-18)7-16(12)21-15-4-2-3-14(17)13(15)9-19/h2-7,10,20H,1H3/t10-/m0/s1. The van der Waals surface area contributed by atoms with Crippen molar-refractivity contribution < 1.29 is 14.2 Å². The lowest BCUT2D eigenvalue weighted by Gasteiger charge is -2.14. The lowest BCUT2D eigenvalue weighted by molar-refractivity contribution is 0.195. The number of rotatable bonds is 3. The van der Waals surface area contributed by atoms with Crippen molar-refractivity contribution in [2.24, 2.45) is 0 Å². The van der Waals surface area contributed by atoms with Gasteiger partial charge in [-0.3, -0.25) is 0 Å². The third kappa shape index (κ3) is 3.00. The molecule has 0 spiro atoms. The first-order valence-electron chi connectivity index (χ1n) is 6.15. The highest BCUT2D eigenvalue weighted by atomic mass is 19.1. The fraction of sp³-hybridized carbons (Fsp3) is 0.125. The van der Waals surface area contributed by atoms with Crippen molar-refractivity contribution in [2.75, 3.05) is 0 Å². The molecule has 1 N–H and O–H groups in total. The first kappa shape index (κ1) is 14.5. The summed E-state index contributed by atoms with van der Waals surface area (Å²) < 4.78 is 19.1. The van der Waals surface area contributed by atoms with Gasteiger partial charge in [0.15, 0.2) is 0 Å². The normalized spacial score (nSPS) is 11.3. The molecule has 0 saturated carbocycles. The highest BCUT2D eigenvalue weighted by Crippen LogP contribution is 2.32. The number of nitriles is 2. The van der Waals surface area contributed by atoms with Crippen LogP contribution in [0.3, 0.4) is 0 Å². The SMILES string of the molecule is C[C@H](O)c1ccc(C#N)cc1Oc1cccc(F)c1C#N. The minimum atomic E-state index is -0.827. The molecule has 0 aliphatic carbocycles. The maximum Gasteiger partial charge on any atom is 0.148 e. The van der Waals surface area contributed by atoms with Crippen molar-refractivity contribution in [2.45, 2.75) is 13.0 Å². The van der Waals surface area contributed by atoms with Gasteiger partial charge < -0.3 is 9.84 Å². The summed E-state index contributed by atoms with van der Waals surface area (Å²) in [5.41, 5.74) is 0.558. The Bertz CT molecular complexity index is 758. The monoisotopic (exact) mass is 282 g/mol. The van der Waals surface area contributed by atoms with Crippen molar-refractivity contribution >= 4 is 0 Å². The van der Waals surface area contributed by atoms with E-state index in [1.165, 1.54) is 18.2 Å². The van der Waals surface area contributed by atoms with Crippen LogP contribution in [0.1, 0.15) is 29.7 Å². The number of halogens is 1. The van der Waals surface area contributed by atoms with Crippen LogP contribution in [-0.4, -0.2) is 5.11 Å². The predicted molar refractivity (Wildman–Crippen MR) is 73.0 cm³/mol. The quantitative estimate of drug-likeness (QED) is 0.935. The van der Waals surface area contributed by atoms with Crippen LogP contribution in [-0.2, 0) is 0 Å². The van der Waals surface area contributed by atoms with Crippen LogP contribution in [0.15, 0.2) is 36.4 Å². The number of nitrogens with zero attached hydrogens (tertiary/aromatic N) is 2. The first-order chi connectivity index (χ1) is 10.1. The highest BCUT2D eigenvalue weighted by molar-refractivity contribution is 5.50. The van der Waals surface area contributed by atoms with Gasteiger partial charge >= 0.3 is 0 Å². The summed E-state index contributed by atoms with van der Waals surface area (Å²) in [6, 6.07) is 12.3. The Morgan fingerprint density at radius 3 is 2.52 bits per heavy atom. The molecular weight excluding hydrogens is 271 g/mol. The molecule has 21 heavy (non-hydrogen) atoms. The molecule has 1 atom stereocenters. The Morgan fingerprint density at radius 2 is 1.90 bits per heavy atom. The zero-order valence-corrected chi connectivity index (χ0v) is 11.2. The van der Waals surface area contributed by atoms with Crippen LogP contribution in [0.25, 0.3) is 0 Å². The molecule has 0 fully saturated rings. The maximum atomic E-state index is 13.6. The molecule has 0 aliphatic heterocycles. The van der Waals surface area contributed by atoms with Crippen molar-refractivity contribution in [3.05, 3.63) is 58.9 Å². The fourth-order valence-electron chi connectivity index (χ4n) is 1.85. The Kier molecular flexibility index (Phi) is 4.18. The van der Waals surface area contributed by atoms with E-state index in [1.807, 2.05) is 6.07 Å². The van der Waals surface area contributed by atoms with E-state index in [-0.39, 0.29) is 17.1 Å².